The monoisotopic (exact) mass is 341 g/mol. The van der Waals surface area contributed by atoms with Crippen LogP contribution in [0.15, 0.2) is 41.7 Å². The number of morpholine rings is 1. The second kappa shape index (κ2) is 8.16. The molecule has 3 rings (SSSR count). The van der Waals surface area contributed by atoms with Crippen molar-refractivity contribution in [3.8, 4) is 0 Å². The molecule has 1 aromatic heterocycles. The van der Waals surface area contributed by atoms with Crippen LogP contribution in [0.4, 0.5) is 0 Å². The Morgan fingerprint density at radius 2 is 2.24 bits per heavy atom. The molecule has 1 aromatic carbocycles. The molecule has 1 aliphatic rings. The van der Waals surface area contributed by atoms with E-state index in [1.165, 1.54) is 11.1 Å². The summed E-state index contributed by atoms with van der Waals surface area (Å²) in [5.74, 6) is 0.936. The molecule has 1 aliphatic heterocycles. The highest BCUT2D eigenvalue weighted by molar-refractivity contribution is 5.80. The van der Waals surface area contributed by atoms with Crippen LogP contribution in [0.3, 0.4) is 0 Å². The van der Waals surface area contributed by atoms with Crippen molar-refractivity contribution in [1.82, 2.24) is 20.0 Å². The smallest absolute Gasteiger partial charge is 0.193 e. The van der Waals surface area contributed by atoms with E-state index in [1.54, 1.807) is 0 Å². The van der Waals surface area contributed by atoms with Crippen LogP contribution in [-0.4, -0.2) is 53.9 Å². The van der Waals surface area contributed by atoms with Gasteiger partial charge in [0, 0.05) is 38.9 Å². The van der Waals surface area contributed by atoms with Gasteiger partial charge in [-0.05, 0) is 24.5 Å². The molecule has 1 saturated heterocycles. The van der Waals surface area contributed by atoms with Gasteiger partial charge in [-0.25, -0.2) is 0 Å². The predicted molar refractivity (Wildman–Crippen MR) is 99.7 cm³/mol. The quantitative estimate of drug-likeness (QED) is 0.682. The van der Waals surface area contributed by atoms with Gasteiger partial charge in [0.15, 0.2) is 5.96 Å². The van der Waals surface area contributed by atoms with Gasteiger partial charge in [-0.3, -0.25) is 9.67 Å². The fourth-order valence-electron chi connectivity index (χ4n) is 3.18. The van der Waals surface area contributed by atoms with E-state index in [0.717, 1.165) is 37.6 Å². The first-order valence-electron chi connectivity index (χ1n) is 8.77. The summed E-state index contributed by atoms with van der Waals surface area (Å²) in [6.45, 7) is 5.35. The first-order valence-corrected chi connectivity index (χ1v) is 8.77. The topological polar surface area (TPSA) is 54.7 Å². The molecule has 0 radical (unpaired) electrons. The lowest BCUT2D eigenvalue weighted by Gasteiger charge is -2.34. The molecule has 1 unspecified atom stereocenters. The Balaban J connectivity index is 1.56. The molecule has 1 atom stereocenters. The average molecular weight is 341 g/mol. The third-order valence-electron chi connectivity index (χ3n) is 4.61. The summed E-state index contributed by atoms with van der Waals surface area (Å²) in [5.41, 5.74) is 3.82. The normalized spacial score (nSPS) is 18.4. The number of ether oxygens (including phenoxy) is 1. The average Bonchev–Trinajstić information content (AvgIpc) is 3.07. The Hall–Kier alpha value is -2.34. The number of nitrogens with zero attached hydrogens (tertiary/aromatic N) is 4. The summed E-state index contributed by atoms with van der Waals surface area (Å²) in [6, 6.07) is 8.52. The molecule has 0 aliphatic carbocycles. The van der Waals surface area contributed by atoms with Crippen LogP contribution in [0.5, 0.6) is 0 Å². The molecular weight excluding hydrogens is 314 g/mol. The van der Waals surface area contributed by atoms with Crippen LogP contribution in [0, 0.1) is 6.92 Å². The number of benzene rings is 1. The number of rotatable bonds is 4. The number of hydrogen-bond donors (Lipinski definition) is 1. The van der Waals surface area contributed by atoms with Crippen LogP contribution in [0.2, 0.25) is 0 Å². The van der Waals surface area contributed by atoms with E-state index >= 15 is 0 Å². The maximum atomic E-state index is 5.91. The van der Waals surface area contributed by atoms with Gasteiger partial charge in [-0.15, -0.1) is 0 Å². The van der Waals surface area contributed by atoms with E-state index < -0.39 is 0 Å². The fourth-order valence-corrected chi connectivity index (χ4v) is 3.18. The Morgan fingerprint density at radius 3 is 2.96 bits per heavy atom. The molecule has 0 saturated carbocycles. The largest absolute Gasteiger partial charge is 0.370 e. The maximum Gasteiger partial charge on any atom is 0.193 e. The molecule has 1 N–H and O–H groups in total. The van der Waals surface area contributed by atoms with Crippen LogP contribution < -0.4 is 5.32 Å². The van der Waals surface area contributed by atoms with E-state index in [1.807, 2.05) is 31.2 Å². The molecule has 6 heteroatoms. The minimum Gasteiger partial charge on any atom is -0.370 e. The Morgan fingerprint density at radius 1 is 1.40 bits per heavy atom. The second-order valence-corrected chi connectivity index (χ2v) is 6.40. The highest BCUT2D eigenvalue weighted by atomic mass is 16.5. The lowest BCUT2D eigenvalue weighted by Crippen LogP contribution is -2.48. The van der Waals surface area contributed by atoms with E-state index in [-0.39, 0.29) is 6.10 Å². The second-order valence-electron chi connectivity index (χ2n) is 6.40. The minimum atomic E-state index is 0.0392. The van der Waals surface area contributed by atoms with Crippen molar-refractivity contribution in [2.75, 3.05) is 33.3 Å². The summed E-state index contributed by atoms with van der Waals surface area (Å²) < 4.78 is 7.73. The van der Waals surface area contributed by atoms with Gasteiger partial charge in [0.2, 0.25) is 0 Å². The SMILES string of the molecule is CN=C(NCCc1ccccc1C)N1CCOC(c2cnn(C)c2)C1. The number of hydrogen-bond acceptors (Lipinski definition) is 3. The van der Waals surface area contributed by atoms with Crippen molar-refractivity contribution in [2.45, 2.75) is 19.4 Å². The zero-order valence-electron chi connectivity index (χ0n) is 15.3. The minimum absolute atomic E-state index is 0.0392. The van der Waals surface area contributed by atoms with Crippen molar-refractivity contribution in [2.24, 2.45) is 12.0 Å². The predicted octanol–water partition coefficient (Wildman–Crippen LogP) is 1.92. The Kier molecular flexibility index (Phi) is 5.71. The van der Waals surface area contributed by atoms with Crippen LogP contribution in [0.1, 0.15) is 22.8 Å². The van der Waals surface area contributed by atoms with Crippen LogP contribution in [-0.2, 0) is 18.2 Å². The number of aliphatic imine (C=N–C) groups is 1. The number of nitrogens with one attached hydrogen (secondary N) is 1. The van der Waals surface area contributed by atoms with Crippen molar-refractivity contribution in [3.63, 3.8) is 0 Å². The van der Waals surface area contributed by atoms with Gasteiger partial charge in [-0.2, -0.15) is 5.10 Å². The van der Waals surface area contributed by atoms with Crippen LogP contribution in [0.25, 0.3) is 0 Å². The summed E-state index contributed by atoms with van der Waals surface area (Å²) in [4.78, 5) is 6.72. The molecule has 0 spiro atoms. The number of aromatic nitrogens is 2. The zero-order valence-corrected chi connectivity index (χ0v) is 15.3. The van der Waals surface area contributed by atoms with Crippen molar-refractivity contribution in [1.29, 1.82) is 0 Å². The van der Waals surface area contributed by atoms with Gasteiger partial charge >= 0.3 is 0 Å². The first kappa shape index (κ1) is 17.5. The van der Waals surface area contributed by atoms with Crippen LogP contribution >= 0.6 is 0 Å². The maximum absolute atomic E-state index is 5.91. The lowest BCUT2D eigenvalue weighted by atomic mass is 10.1. The summed E-state index contributed by atoms with van der Waals surface area (Å²) in [5, 5.41) is 7.74. The first-order chi connectivity index (χ1) is 12.2. The molecule has 0 amide bonds. The lowest BCUT2D eigenvalue weighted by molar-refractivity contribution is -0.00800. The van der Waals surface area contributed by atoms with E-state index in [9.17, 15) is 0 Å². The van der Waals surface area contributed by atoms with Gasteiger partial charge in [-0.1, -0.05) is 24.3 Å². The van der Waals surface area contributed by atoms with Gasteiger partial charge in [0.25, 0.3) is 0 Å². The summed E-state index contributed by atoms with van der Waals surface area (Å²) >= 11 is 0. The Bertz CT molecular complexity index is 724. The summed E-state index contributed by atoms with van der Waals surface area (Å²) in [7, 11) is 3.76. The highest BCUT2D eigenvalue weighted by Gasteiger charge is 2.25. The molecule has 25 heavy (non-hydrogen) atoms. The number of aryl methyl sites for hydroxylation is 2. The molecule has 1 fully saturated rings. The molecule has 134 valence electrons. The molecule has 2 heterocycles. The third-order valence-corrected chi connectivity index (χ3v) is 4.61. The fraction of sp³-hybridized carbons (Fsp3) is 0.474. The molecule has 6 nitrogen and oxygen atoms in total. The molecule has 2 aromatic rings. The van der Waals surface area contributed by atoms with E-state index in [4.69, 9.17) is 4.74 Å². The van der Waals surface area contributed by atoms with E-state index in [2.05, 4.69) is 51.5 Å². The zero-order chi connectivity index (χ0) is 17.6. The van der Waals surface area contributed by atoms with Gasteiger partial charge in [0.05, 0.1) is 19.3 Å². The highest BCUT2D eigenvalue weighted by Crippen LogP contribution is 2.21. The Labute approximate surface area is 149 Å². The number of guanidine groups is 1. The van der Waals surface area contributed by atoms with Gasteiger partial charge < -0.3 is 15.0 Å². The van der Waals surface area contributed by atoms with Crippen molar-refractivity contribution in [3.05, 3.63) is 53.3 Å². The molecule has 0 bridgehead atoms. The van der Waals surface area contributed by atoms with Gasteiger partial charge in [0.1, 0.15) is 6.10 Å². The van der Waals surface area contributed by atoms with Crippen molar-refractivity contribution < 1.29 is 4.74 Å². The summed E-state index contributed by atoms with van der Waals surface area (Å²) in [6.07, 6.45) is 4.92. The van der Waals surface area contributed by atoms with Crippen molar-refractivity contribution >= 4 is 5.96 Å². The van der Waals surface area contributed by atoms with E-state index in [0.29, 0.717) is 6.61 Å². The standard InChI is InChI=1S/C19H27N5O/c1-15-6-4-5-7-16(15)8-9-21-19(20-2)24-10-11-25-18(14-24)17-12-22-23(3)13-17/h4-7,12-13,18H,8-11,14H2,1-3H3,(H,20,21). The molecular formula is C19H27N5O. The third kappa shape index (κ3) is 4.39.